The van der Waals surface area contributed by atoms with Crippen molar-refractivity contribution in [2.45, 2.75) is 32.2 Å². The molecule has 1 aliphatic rings. The molecule has 0 aromatic heterocycles. The Hall–Kier alpha value is -2.37. The summed E-state index contributed by atoms with van der Waals surface area (Å²) in [4.78, 5) is 34.3. The average Bonchev–Trinajstić information content (AvgIpc) is 2.76. The molecule has 6 heteroatoms. The van der Waals surface area contributed by atoms with Gasteiger partial charge in [0.15, 0.2) is 0 Å². The highest BCUT2D eigenvalue weighted by Gasteiger charge is 2.30. The molecule has 3 N–H and O–H groups in total. The molecule has 0 radical (unpaired) electrons. The molecule has 0 spiro atoms. The summed E-state index contributed by atoms with van der Waals surface area (Å²) < 4.78 is 0. The van der Waals surface area contributed by atoms with Crippen LogP contribution in [0.4, 0.5) is 10.5 Å². The van der Waals surface area contributed by atoms with Crippen LogP contribution in [0.1, 0.15) is 37.8 Å². The monoisotopic (exact) mass is 275 g/mol. The number of anilines is 1. The lowest BCUT2D eigenvalue weighted by atomic mass is 10.1. The molecule has 1 atom stereocenters. The van der Waals surface area contributed by atoms with Crippen LogP contribution < -0.4 is 16.0 Å². The first-order chi connectivity index (χ1) is 9.60. The van der Waals surface area contributed by atoms with E-state index >= 15 is 0 Å². The molecule has 6 nitrogen and oxygen atoms in total. The van der Waals surface area contributed by atoms with E-state index in [0.29, 0.717) is 17.7 Å². The molecule has 2 rings (SSSR count). The van der Waals surface area contributed by atoms with E-state index in [1.807, 2.05) is 6.92 Å². The first-order valence-corrected chi connectivity index (χ1v) is 6.61. The Morgan fingerprint density at radius 2 is 2.15 bits per heavy atom. The first kappa shape index (κ1) is 14.0. The number of carbonyl (C=O) groups excluding carboxylic acids is 3. The highest BCUT2D eigenvalue weighted by Crippen LogP contribution is 2.20. The van der Waals surface area contributed by atoms with Gasteiger partial charge in [-0.05, 0) is 24.1 Å². The number of urea groups is 1. The van der Waals surface area contributed by atoms with E-state index in [1.165, 1.54) is 0 Å². The number of rotatable bonds is 5. The molecule has 0 bridgehead atoms. The number of imide groups is 1. The lowest BCUT2D eigenvalue weighted by molar-refractivity contribution is -0.120. The lowest BCUT2D eigenvalue weighted by Crippen LogP contribution is -2.22. The van der Waals surface area contributed by atoms with Crippen LogP contribution >= 0.6 is 0 Å². The molecule has 1 unspecified atom stereocenters. The van der Waals surface area contributed by atoms with E-state index in [0.717, 1.165) is 12.8 Å². The third-order valence-electron chi connectivity index (χ3n) is 3.04. The number of amides is 4. The minimum atomic E-state index is -0.699. The van der Waals surface area contributed by atoms with E-state index in [1.54, 1.807) is 24.3 Å². The van der Waals surface area contributed by atoms with Gasteiger partial charge in [-0.3, -0.25) is 14.9 Å². The molecule has 1 aromatic carbocycles. The van der Waals surface area contributed by atoms with Crippen LogP contribution in [-0.4, -0.2) is 17.8 Å². The number of hydrogen-bond acceptors (Lipinski definition) is 3. The molecule has 0 saturated carbocycles. The fourth-order valence-corrected chi connectivity index (χ4v) is 2.01. The zero-order valence-electron chi connectivity index (χ0n) is 11.2. The van der Waals surface area contributed by atoms with Crippen molar-refractivity contribution in [2.75, 3.05) is 5.32 Å². The molecule has 20 heavy (non-hydrogen) atoms. The van der Waals surface area contributed by atoms with Crippen molar-refractivity contribution in [3.8, 4) is 0 Å². The van der Waals surface area contributed by atoms with E-state index < -0.39 is 12.1 Å². The van der Waals surface area contributed by atoms with Crippen LogP contribution in [-0.2, 0) is 9.59 Å². The van der Waals surface area contributed by atoms with E-state index in [4.69, 9.17) is 0 Å². The van der Waals surface area contributed by atoms with Crippen molar-refractivity contribution < 1.29 is 14.4 Å². The fraction of sp³-hybridized carbons (Fsp3) is 0.357. The van der Waals surface area contributed by atoms with Crippen LogP contribution in [0.15, 0.2) is 24.3 Å². The minimum Gasteiger partial charge on any atom is -0.326 e. The van der Waals surface area contributed by atoms with Crippen molar-refractivity contribution in [1.82, 2.24) is 10.6 Å². The quantitative estimate of drug-likeness (QED) is 0.715. The molecular formula is C14H17N3O3. The van der Waals surface area contributed by atoms with Gasteiger partial charge in [0.25, 0.3) is 5.91 Å². The molecule has 1 fully saturated rings. The van der Waals surface area contributed by atoms with Crippen LogP contribution in [0.2, 0.25) is 0 Å². The lowest BCUT2D eigenvalue weighted by Gasteiger charge is -2.10. The van der Waals surface area contributed by atoms with Gasteiger partial charge in [-0.25, -0.2) is 4.79 Å². The number of carbonyl (C=O) groups is 3. The highest BCUT2D eigenvalue weighted by atomic mass is 16.2. The maximum Gasteiger partial charge on any atom is 0.322 e. The predicted molar refractivity (Wildman–Crippen MR) is 74.0 cm³/mol. The third-order valence-corrected chi connectivity index (χ3v) is 3.04. The topological polar surface area (TPSA) is 87.3 Å². The maximum absolute atomic E-state index is 11.7. The van der Waals surface area contributed by atoms with Crippen molar-refractivity contribution in [1.29, 1.82) is 0 Å². The van der Waals surface area contributed by atoms with Crippen molar-refractivity contribution in [3.05, 3.63) is 29.8 Å². The Morgan fingerprint density at radius 3 is 2.80 bits per heavy atom. The van der Waals surface area contributed by atoms with Crippen molar-refractivity contribution in [2.24, 2.45) is 0 Å². The molecule has 1 aliphatic heterocycles. The second-order valence-electron chi connectivity index (χ2n) is 4.67. The molecule has 106 valence electrons. The fourth-order valence-electron chi connectivity index (χ4n) is 2.01. The summed E-state index contributed by atoms with van der Waals surface area (Å²) in [6.07, 6.45) is 2.27. The van der Waals surface area contributed by atoms with E-state index in [-0.39, 0.29) is 11.8 Å². The average molecular weight is 275 g/mol. The summed E-state index contributed by atoms with van der Waals surface area (Å²) in [6.45, 7) is 2.02. The minimum absolute atomic E-state index is 0.0519. The predicted octanol–water partition coefficient (Wildman–Crippen LogP) is 1.70. The summed E-state index contributed by atoms with van der Waals surface area (Å²) in [5.41, 5.74) is 1.26. The van der Waals surface area contributed by atoms with Crippen LogP contribution in [0.5, 0.6) is 0 Å². The summed E-state index contributed by atoms with van der Waals surface area (Å²) in [7, 11) is 0. The van der Waals surface area contributed by atoms with Gasteiger partial charge in [-0.2, -0.15) is 0 Å². The van der Waals surface area contributed by atoms with Gasteiger partial charge in [0.1, 0.15) is 6.04 Å². The van der Waals surface area contributed by atoms with Gasteiger partial charge >= 0.3 is 6.03 Å². The summed E-state index contributed by atoms with van der Waals surface area (Å²) in [5.74, 6) is -0.437. The van der Waals surface area contributed by atoms with Crippen molar-refractivity contribution in [3.63, 3.8) is 0 Å². The zero-order chi connectivity index (χ0) is 14.5. The highest BCUT2D eigenvalue weighted by molar-refractivity contribution is 6.04. The second kappa shape index (κ2) is 6.18. The standard InChI is InChI=1S/C14H17N3O3/c1-2-3-7-11(18)15-10-6-4-5-9(8-10)12-13(19)17-14(20)16-12/h4-6,8,12H,2-3,7H2,1H3,(H,15,18)(H2,16,17,19,20). The Labute approximate surface area is 116 Å². The van der Waals surface area contributed by atoms with Gasteiger partial charge in [0, 0.05) is 12.1 Å². The first-order valence-electron chi connectivity index (χ1n) is 6.61. The summed E-state index contributed by atoms with van der Waals surface area (Å²) in [6, 6.07) is 5.72. The molecule has 0 aliphatic carbocycles. The number of benzene rings is 1. The van der Waals surface area contributed by atoms with Gasteiger partial charge in [-0.15, -0.1) is 0 Å². The van der Waals surface area contributed by atoms with Gasteiger partial charge in [-0.1, -0.05) is 25.5 Å². The second-order valence-corrected chi connectivity index (χ2v) is 4.67. The van der Waals surface area contributed by atoms with Gasteiger partial charge < -0.3 is 10.6 Å². The normalized spacial score (nSPS) is 17.6. The molecule has 1 heterocycles. The van der Waals surface area contributed by atoms with Gasteiger partial charge in [0.2, 0.25) is 5.91 Å². The third kappa shape index (κ3) is 3.34. The van der Waals surface area contributed by atoms with Crippen molar-refractivity contribution >= 4 is 23.5 Å². The number of nitrogens with one attached hydrogen (secondary N) is 3. The summed E-state index contributed by atoms with van der Waals surface area (Å²) in [5, 5.41) is 7.48. The molecular weight excluding hydrogens is 258 g/mol. The SMILES string of the molecule is CCCCC(=O)Nc1cccc(C2NC(=O)NC2=O)c1. The van der Waals surface area contributed by atoms with Crippen LogP contribution in [0.25, 0.3) is 0 Å². The number of unbranched alkanes of at least 4 members (excludes halogenated alkanes) is 1. The molecule has 1 saturated heterocycles. The Balaban J connectivity index is 2.06. The molecule has 1 aromatic rings. The van der Waals surface area contributed by atoms with Gasteiger partial charge in [0.05, 0.1) is 0 Å². The Kier molecular flexibility index (Phi) is 4.34. The molecule has 4 amide bonds. The summed E-state index contributed by atoms with van der Waals surface area (Å²) >= 11 is 0. The van der Waals surface area contributed by atoms with E-state index in [9.17, 15) is 14.4 Å². The maximum atomic E-state index is 11.7. The zero-order valence-corrected chi connectivity index (χ0v) is 11.2. The number of hydrogen-bond donors (Lipinski definition) is 3. The Bertz CT molecular complexity index is 542. The van der Waals surface area contributed by atoms with Crippen LogP contribution in [0, 0.1) is 0 Å². The Morgan fingerprint density at radius 1 is 1.35 bits per heavy atom. The van der Waals surface area contributed by atoms with Crippen LogP contribution in [0.3, 0.4) is 0 Å². The largest absolute Gasteiger partial charge is 0.326 e. The van der Waals surface area contributed by atoms with E-state index in [2.05, 4.69) is 16.0 Å². The smallest absolute Gasteiger partial charge is 0.322 e.